The Kier molecular flexibility index (Phi) is 7.87. The highest BCUT2D eigenvalue weighted by molar-refractivity contribution is 7.86. The molecular formula is C30H35N3O7S. The summed E-state index contributed by atoms with van der Waals surface area (Å²) in [4.78, 5) is 13.9. The summed E-state index contributed by atoms with van der Waals surface area (Å²) in [5, 5.41) is 16.0. The zero-order valence-electron chi connectivity index (χ0n) is 23.4. The minimum atomic E-state index is -4.57. The monoisotopic (exact) mass is 581 g/mol. The van der Waals surface area contributed by atoms with Crippen LogP contribution in [0.25, 0.3) is 0 Å². The van der Waals surface area contributed by atoms with Crippen molar-refractivity contribution in [3.8, 4) is 11.5 Å². The van der Waals surface area contributed by atoms with Crippen molar-refractivity contribution in [2.45, 2.75) is 57.9 Å². The zero-order chi connectivity index (χ0) is 29.5. The Hall–Kier alpha value is -3.80. The van der Waals surface area contributed by atoms with Crippen molar-refractivity contribution in [2.24, 2.45) is 5.92 Å². The summed E-state index contributed by atoms with van der Waals surface area (Å²) in [5.41, 5.74) is 4.78. The van der Waals surface area contributed by atoms with Gasteiger partial charge >= 0.3 is 0 Å². The highest BCUT2D eigenvalue weighted by Crippen LogP contribution is 2.46. The lowest BCUT2D eigenvalue weighted by molar-refractivity contribution is -0.118. The molecule has 218 valence electrons. The first-order valence-corrected chi connectivity index (χ1v) is 15.1. The Balaban J connectivity index is 1.49. The first kappa shape index (κ1) is 28.7. The first-order chi connectivity index (χ1) is 19.5. The molecule has 2 heterocycles. The van der Waals surface area contributed by atoms with Gasteiger partial charge in [0.15, 0.2) is 23.1 Å². The maximum absolute atomic E-state index is 12.6. The Bertz CT molecular complexity index is 1570. The van der Waals surface area contributed by atoms with E-state index in [-0.39, 0.29) is 18.4 Å². The lowest BCUT2D eigenvalue weighted by atomic mass is 10.1. The van der Waals surface area contributed by atoms with E-state index >= 15 is 0 Å². The summed E-state index contributed by atoms with van der Waals surface area (Å²) in [5.74, 6) is 0.414. The van der Waals surface area contributed by atoms with Gasteiger partial charge in [0.1, 0.15) is 6.61 Å². The van der Waals surface area contributed by atoms with Crippen LogP contribution in [0.1, 0.15) is 49.3 Å². The number of nitrogens with zero attached hydrogens (tertiary/aromatic N) is 1. The molecule has 0 saturated carbocycles. The topological polar surface area (TPSA) is 137 Å². The quantitative estimate of drug-likeness (QED) is 0.284. The molecule has 11 heteroatoms. The van der Waals surface area contributed by atoms with Crippen LogP contribution in [0, 0.1) is 5.92 Å². The molecule has 0 bridgehead atoms. The van der Waals surface area contributed by atoms with Gasteiger partial charge in [-0.3, -0.25) is 9.35 Å². The molecule has 5 rings (SSSR count). The van der Waals surface area contributed by atoms with Crippen molar-refractivity contribution in [1.82, 2.24) is 0 Å². The summed E-state index contributed by atoms with van der Waals surface area (Å²) in [7, 11) is -3.09. The minimum Gasteiger partial charge on any atom is -0.493 e. The molecule has 0 aliphatic carbocycles. The van der Waals surface area contributed by atoms with E-state index in [1.807, 2.05) is 63.2 Å². The summed E-state index contributed by atoms with van der Waals surface area (Å²) in [6.45, 7) is 5.82. The van der Waals surface area contributed by atoms with Gasteiger partial charge in [0.2, 0.25) is 5.91 Å². The summed E-state index contributed by atoms with van der Waals surface area (Å²) in [6.07, 6.45) is -0.128. The van der Waals surface area contributed by atoms with Gasteiger partial charge in [0, 0.05) is 34.6 Å². The number of para-hydroxylation sites is 1. The maximum Gasteiger partial charge on any atom is 0.288 e. The third-order valence-electron chi connectivity index (χ3n) is 7.55. The zero-order valence-corrected chi connectivity index (χ0v) is 24.2. The number of hydrogen-bond acceptors (Lipinski definition) is 8. The molecule has 2 unspecified atom stereocenters. The average Bonchev–Trinajstić information content (AvgIpc) is 3.26. The van der Waals surface area contributed by atoms with Crippen molar-refractivity contribution in [2.75, 3.05) is 22.6 Å². The number of ether oxygens (including phenoxy) is 2. The molecule has 2 aliphatic heterocycles. The predicted molar refractivity (Wildman–Crippen MR) is 157 cm³/mol. The van der Waals surface area contributed by atoms with E-state index in [2.05, 4.69) is 10.6 Å². The number of carbonyl (C=O) groups excluding carboxylic acids is 1. The molecule has 3 atom stereocenters. The first-order valence-electron chi connectivity index (χ1n) is 13.6. The molecule has 41 heavy (non-hydrogen) atoms. The van der Waals surface area contributed by atoms with Gasteiger partial charge in [-0.05, 0) is 53.8 Å². The number of nitrogens with one attached hydrogen (secondary N) is 2. The molecule has 3 aromatic rings. The fourth-order valence-corrected chi connectivity index (χ4v) is 6.33. The normalized spacial score (nSPS) is 19.5. The van der Waals surface area contributed by atoms with E-state index in [4.69, 9.17) is 9.47 Å². The van der Waals surface area contributed by atoms with Crippen molar-refractivity contribution < 1.29 is 32.3 Å². The lowest BCUT2D eigenvalue weighted by Gasteiger charge is -2.32. The highest BCUT2D eigenvalue weighted by atomic mass is 32.2. The number of carbonyl (C=O) groups is 1. The second-order valence-corrected chi connectivity index (χ2v) is 12.2. The van der Waals surface area contributed by atoms with Gasteiger partial charge < -0.3 is 30.1 Å². The van der Waals surface area contributed by atoms with Crippen LogP contribution < -0.4 is 25.0 Å². The Morgan fingerprint density at radius 3 is 2.54 bits per heavy atom. The van der Waals surface area contributed by atoms with Gasteiger partial charge in [-0.25, -0.2) is 0 Å². The number of aliphatic hydroxyl groups is 1. The fourth-order valence-electron chi connectivity index (χ4n) is 5.43. The predicted octanol–water partition coefficient (Wildman–Crippen LogP) is 4.49. The van der Waals surface area contributed by atoms with E-state index in [0.717, 1.165) is 23.1 Å². The number of fused-ring (bicyclic) bond motifs is 4. The molecule has 0 saturated heterocycles. The maximum atomic E-state index is 12.6. The van der Waals surface area contributed by atoms with Crippen LogP contribution in [0.3, 0.4) is 0 Å². The van der Waals surface area contributed by atoms with Crippen LogP contribution in [0.4, 0.5) is 17.1 Å². The average molecular weight is 582 g/mol. The van der Waals surface area contributed by atoms with E-state index in [1.54, 1.807) is 17.0 Å². The molecule has 1 amide bonds. The molecule has 0 radical (unpaired) electrons. The molecule has 0 fully saturated rings. The Morgan fingerprint density at radius 1 is 1.12 bits per heavy atom. The van der Waals surface area contributed by atoms with Crippen molar-refractivity contribution in [1.29, 1.82) is 0 Å². The summed E-state index contributed by atoms with van der Waals surface area (Å²) in [6, 6.07) is 15.6. The largest absolute Gasteiger partial charge is 0.493 e. The van der Waals surface area contributed by atoms with Crippen LogP contribution in [-0.2, 0) is 34.4 Å². The van der Waals surface area contributed by atoms with Gasteiger partial charge in [-0.1, -0.05) is 45.0 Å². The van der Waals surface area contributed by atoms with Crippen LogP contribution in [0.2, 0.25) is 0 Å². The molecule has 0 spiro atoms. The molecule has 10 nitrogen and oxygen atoms in total. The second-order valence-electron chi connectivity index (χ2n) is 10.7. The SMILES string of the molecule is CCc1cc(COc2cc3c(cc2OC)C(O)N2c4ccccc4C[C@H]2C(S(=O)(=O)O)N3)cc(NC(=O)C(C)C)c1. The smallest absolute Gasteiger partial charge is 0.288 e. The van der Waals surface area contributed by atoms with Crippen molar-refractivity contribution in [3.63, 3.8) is 0 Å². The summed E-state index contributed by atoms with van der Waals surface area (Å²) >= 11 is 0. The van der Waals surface area contributed by atoms with Gasteiger partial charge in [-0.15, -0.1) is 0 Å². The third-order valence-corrected chi connectivity index (χ3v) is 8.62. The van der Waals surface area contributed by atoms with E-state index in [1.165, 1.54) is 7.11 Å². The molecule has 4 N–H and O–H groups in total. The van der Waals surface area contributed by atoms with E-state index < -0.39 is 27.8 Å². The number of rotatable bonds is 8. The number of benzene rings is 3. The van der Waals surface area contributed by atoms with E-state index in [9.17, 15) is 22.9 Å². The lowest BCUT2D eigenvalue weighted by Crippen LogP contribution is -2.48. The third kappa shape index (κ3) is 5.70. The van der Waals surface area contributed by atoms with Crippen LogP contribution in [0.5, 0.6) is 11.5 Å². The highest BCUT2D eigenvalue weighted by Gasteiger charge is 2.47. The van der Waals surface area contributed by atoms with Crippen LogP contribution in [0.15, 0.2) is 54.6 Å². The van der Waals surface area contributed by atoms with Gasteiger partial charge in [0.05, 0.1) is 13.2 Å². The number of aryl methyl sites for hydroxylation is 1. The van der Waals surface area contributed by atoms with Crippen LogP contribution >= 0.6 is 0 Å². The Morgan fingerprint density at radius 2 is 1.85 bits per heavy atom. The number of amides is 1. The molecule has 2 aliphatic rings. The van der Waals surface area contributed by atoms with Crippen LogP contribution in [-0.4, -0.2) is 42.5 Å². The van der Waals surface area contributed by atoms with Gasteiger partial charge in [-0.2, -0.15) is 8.42 Å². The molecular weight excluding hydrogens is 546 g/mol. The number of anilines is 3. The minimum absolute atomic E-state index is 0.0845. The van der Waals surface area contributed by atoms with E-state index in [0.29, 0.717) is 40.5 Å². The number of aliphatic hydroxyl groups excluding tert-OH is 1. The molecule has 0 aromatic heterocycles. The number of hydrogen-bond donors (Lipinski definition) is 4. The fraction of sp³-hybridized carbons (Fsp3) is 0.367. The Labute approximate surface area is 240 Å². The number of methoxy groups -OCH3 is 1. The van der Waals surface area contributed by atoms with Crippen molar-refractivity contribution >= 4 is 33.1 Å². The molecule has 3 aromatic carbocycles. The summed E-state index contributed by atoms with van der Waals surface area (Å²) < 4.78 is 47.1. The van der Waals surface area contributed by atoms with Crippen molar-refractivity contribution in [3.05, 3.63) is 76.9 Å². The van der Waals surface area contributed by atoms with Gasteiger partial charge in [0.25, 0.3) is 10.1 Å². The second kappa shape index (κ2) is 11.2. The standard InChI is InChI=1S/C30H35N3O7S/c1-5-18-10-19(12-21(11-18)31-28(34)17(2)3)16-40-27-15-23-22(14-26(27)39-4)30(35)33-24-9-7-6-8-20(24)13-25(33)29(32-23)41(36,37)38/h6-12,14-15,17,25,29-30,32,35H,5,13,16H2,1-4H3,(H,31,34)(H,36,37,38)/t25-,29?,30?/m0/s1.